The van der Waals surface area contributed by atoms with Gasteiger partial charge in [0.1, 0.15) is 11.9 Å². The van der Waals surface area contributed by atoms with E-state index in [1.807, 2.05) is 0 Å². The van der Waals surface area contributed by atoms with Crippen LogP contribution in [-0.2, 0) is 9.47 Å². The van der Waals surface area contributed by atoms with Crippen molar-refractivity contribution >= 4 is 12.2 Å². The second-order valence-electron chi connectivity index (χ2n) is 5.76. The molecule has 0 spiro atoms. The van der Waals surface area contributed by atoms with Crippen LogP contribution in [-0.4, -0.2) is 32.0 Å². The lowest BCUT2D eigenvalue weighted by Gasteiger charge is -2.20. The van der Waals surface area contributed by atoms with Crippen LogP contribution >= 0.6 is 0 Å². The molecule has 2 N–H and O–H groups in total. The fourth-order valence-corrected chi connectivity index (χ4v) is 1.95. The summed E-state index contributed by atoms with van der Waals surface area (Å²) in [5, 5.41) is 5.17. The van der Waals surface area contributed by atoms with Crippen molar-refractivity contribution < 1.29 is 23.8 Å². The predicted octanol–water partition coefficient (Wildman–Crippen LogP) is 3.60. The number of carbonyl (C=O) groups is 2. The van der Waals surface area contributed by atoms with Gasteiger partial charge in [0, 0.05) is 0 Å². The summed E-state index contributed by atoms with van der Waals surface area (Å²) in [5.74, 6) is 1.31. The van der Waals surface area contributed by atoms with Crippen LogP contribution in [0.3, 0.4) is 0 Å². The van der Waals surface area contributed by atoms with E-state index in [1.54, 1.807) is 38.1 Å². The highest BCUT2D eigenvalue weighted by Gasteiger charge is 2.18. The summed E-state index contributed by atoms with van der Waals surface area (Å²) in [6.45, 7) is 8.80. The molecule has 140 valence electrons. The van der Waals surface area contributed by atoms with Crippen LogP contribution in [0.4, 0.5) is 9.59 Å². The van der Waals surface area contributed by atoms with E-state index in [0.29, 0.717) is 18.1 Å². The van der Waals surface area contributed by atoms with E-state index >= 15 is 0 Å². The number of ether oxygens (including phenoxy) is 3. The van der Waals surface area contributed by atoms with Crippen molar-refractivity contribution in [2.45, 2.75) is 40.3 Å². The molecular weight excluding hydrogens is 324 g/mol. The number of hydrogen-bond acceptors (Lipinski definition) is 5. The molecule has 0 heterocycles. The minimum atomic E-state index is -0.761. The van der Waals surface area contributed by atoms with Crippen molar-refractivity contribution in [2.24, 2.45) is 5.92 Å². The fraction of sp³-hybridized carbons (Fsp3) is 0.556. The first-order valence-corrected chi connectivity index (χ1v) is 8.55. The molecule has 1 rings (SSSR count). The Balaban J connectivity index is 2.75. The molecule has 1 aromatic carbocycles. The summed E-state index contributed by atoms with van der Waals surface area (Å²) in [6.07, 6.45) is -1.04. The Hall–Kier alpha value is -2.44. The first kappa shape index (κ1) is 20.6. The molecule has 0 saturated carbocycles. The van der Waals surface area contributed by atoms with Crippen LogP contribution in [0, 0.1) is 5.92 Å². The lowest BCUT2D eigenvalue weighted by molar-refractivity contribution is 0.135. The van der Waals surface area contributed by atoms with Gasteiger partial charge in [-0.1, -0.05) is 26.0 Å². The highest BCUT2D eigenvalue weighted by atomic mass is 16.6. The zero-order chi connectivity index (χ0) is 18.7. The normalized spacial score (nSPS) is 10.5. The molecule has 0 aromatic heterocycles. The number of rotatable bonds is 9. The van der Waals surface area contributed by atoms with E-state index in [0.717, 1.165) is 12.2 Å². The second-order valence-corrected chi connectivity index (χ2v) is 5.76. The zero-order valence-corrected chi connectivity index (χ0v) is 15.3. The van der Waals surface area contributed by atoms with Gasteiger partial charge in [-0.2, -0.15) is 0 Å². The van der Waals surface area contributed by atoms with Gasteiger partial charge in [0.2, 0.25) is 0 Å². The average Bonchev–Trinajstić information content (AvgIpc) is 2.55. The topological polar surface area (TPSA) is 85.9 Å². The number of amides is 2. The molecule has 0 atom stereocenters. The molecule has 7 heteroatoms. The molecule has 0 aliphatic rings. The lowest BCUT2D eigenvalue weighted by Crippen LogP contribution is -2.41. The minimum absolute atomic E-state index is 0.237. The Kier molecular flexibility index (Phi) is 9.21. The first-order chi connectivity index (χ1) is 12.0. The Bertz CT molecular complexity index is 511. The molecule has 25 heavy (non-hydrogen) atoms. The summed E-state index contributed by atoms with van der Waals surface area (Å²) < 4.78 is 15.4. The largest absolute Gasteiger partial charge is 0.494 e. The van der Waals surface area contributed by atoms with Crippen LogP contribution in [0.1, 0.15) is 45.8 Å². The smallest absolute Gasteiger partial charge is 0.409 e. The maximum Gasteiger partial charge on any atom is 0.409 e. The number of carbonyl (C=O) groups excluding carboxylic acids is 2. The van der Waals surface area contributed by atoms with Gasteiger partial charge in [-0.25, -0.2) is 9.59 Å². The molecule has 0 radical (unpaired) electrons. The number of alkyl carbamates (subject to hydrolysis) is 2. The second kappa shape index (κ2) is 11.2. The quantitative estimate of drug-likeness (QED) is 0.663. The maximum absolute atomic E-state index is 11.7. The van der Waals surface area contributed by atoms with Crippen molar-refractivity contribution in [1.29, 1.82) is 0 Å². The molecule has 0 saturated heterocycles. The van der Waals surface area contributed by atoms with E-state index < -0.39 is 18.4 Å². The van der Waals surface area contributed by atoms with Crippen LogP contribution in [0.15, 0.2) is 24.3 Å². The fourth-order valence-electron chi connectivity index (χ4n) is 1.95. The Morgan fingerprint density at radius 2 is 1.48 bits per heavy atom. The lowest BCUT2D eigenvalue weighted by atomic mass is 10.1. The number of hydrogen-bond donors (Lipinski definition) is 2. The van der Waals surface area contributed by atoms with Crippen LogP contribution < -0.4 is 15.4 Å². The number of benzene rings is 1. The standard InChI is InChI=1S/C18H28N2O5/c1-5-23-17(21)19-16(20-18(22)24-6-2)14-7-9-15(10-8-14)25-12-11-13(3)4/h7-10,13,16H,5-6,11-12H2,1-4H3,(H,19,21)(H,20,22). The third-order valence-electron chi connectivity index (χ3n) is 3.25. The molecule has 1 aromatic rings. The van der Waals surface area contributed by atoms with Gasteiger partial charge in [-0.15, -0.1) is 0 Å². The van der Waals surface area contributed by atoms with E-state index in [1.165, 1.54) is 0 Å². The minimum Gasteiger partial charge on any atom is -0.494 e. The summed E-state index contributed by atoms with van der Waals surface area (Å²) >= 11 is 0. The molecule has 0 unspecified atom stereocenters. The van der Waals surface area contributed by atoms with Crippen molar-refractivity contribution in [2.75, 3.05) is 19.8 Å². The van der Waals surface area contributed by atoms with E-state index in [-0.39, 0.29) is 13.2 Å². The maximum atomic E-state index is 11.7. The van der Waals surface area contributed by atoms with Crippen LogP contribution in [0.25, 0.3) is 0 Å². The van der Waals surface area contributed by atoms with Gasteiger partial charge in [-0.3, -0.25) is 10.6 Å². The molecule has 0 aliphatic heterocycles. The third-order valence-corrected chi connectivity index (χ3v) is 3.25. The van der Waals surface area contributed by atoms with E-state index in [2.05, 4.69) is 24.5 Å². The Morgan fingerprint density at radius 1 is 0.960 bits per heavy atom. The summed E-state index contributed by atoms with van der Waals surface area (Å²) in [5.41, 5.74) is 0.678. The van der Waals surface area contributed by atoms with Gasteiger partial charge in [0.25, 0.3) is 0 Å². The first-order valence-electron chi connectivity index (χ1n) is 8.55. The Labute approximate surface area is 149 Å². The zero-order valence-electron chi connectivity index (χ0n) is 15.3. The highest BCUT2D eigenvalue weighted by Crippen LogP contribution is 2.17. The van der Waals surface area contributed by atoms with Crippen molar-refractivity contribution in [3.8, 4) is 5.75 Å². The van der Waals surface area contributed by atoms with E-state index in [4.69, 9.17) is 14.2 Å². The summed E-state index contributed by atoms with van der Waals surface area (Å²) in [7, 11) is 0. The summed E-state index contributed by atoms with van der Waals surface area (Å²) in [4.78, 5) is 23.4. The van der Waals surface area contributed by atoms with Crippen LogP contribution in [0.5, 0.6) is 5.75 Å². The van der Waals surface area contributed by atoms with Crippen molar-refractivity contribution in [3.63, 3.8) is 0 Å². The molecule has 0 bridgehead atoms. The molecule has 0 fully saturated rings. The Morgan fingerprint density at radius 3 is 1.92 bits per heavy atom. The van der Waals surface area contributed by atoms with Gasteiger partial charge in [-0.05, 0) is 43.9 Å². The van der Waals surface area contributed by atoms with Gasteiger partial charge >= 0.3 is 12.2 Å². The number of nitrogens with one attached hydrogen (secondary N) is 2. The monoisotopic (exact) mass is 352 g/mol. The third kappa shape index (κ3) is 8.28. The highest BCUT2D eigenvalue weighted by molar-refractivity contribution is 5.71. The average molecular weight is 352 g/mol. The van der Waals surface area contributed by atoms with Gasteiger partial charge in [0.15, 0.2) is 0 Å². The predicted molar refractivity (Wildman–Crippen MR) is 94.4 cm³/mol. The van der Waals surface area contributed by atoms with Gasteiger partial charge < -0.3 is 14.2 Å². The van der Waals surface area contributed by atoms with Crippen molar-refractivity contribution in [1.82, 2.24) is 10.6 Å². The molecule has 0 aliphatic carbocycles. The molecular formula is C18H28N2O5. The van der Waals surface area contributed by atoms with Gasteiger partial charge in [0.05, 0.1) is 19.8 Å². The molecule has 7 nitrogen and oxygen atoms in total. The molecule has 2 amide bonds. The summed E-state index contributed by atoms with van der Waals surface area (Å²) in [6, 6.07) is 7.13. The van der Waals surface area contributed by atoms with E-state index in [9.17, 15) is 9.59 Å². The SMILES string of the molecule is CCOC(=O)NC(NC(=O)OCC)c1ccc(OCCC(C)C)cc1. The van der Waals surface area contributed by atoms with Crippen LogP contribution in [0.2, 0.25) is 0 Å². The van der Waals surface area contributed by atoms with Crippen molar-refractivity contribution in [3.05, 3.63) is 29.8 Å².